The lowest BCUT2D eigenvalue weighted by molar-refractivity contribution is 0.0950. The zero-order valence-corrected chi connectivity index (χ0v) is 13.4. The van der Waals surface area contributed by atoms with Crippen molar-refractivity contribution in [2.45, 2.75) is 13.5 Å². The number of rotatable bonds is 4. The predicted octanol–water partition coefficient (Wildman–Crippen LogP) is 4.29. The van der Waals surface area contributed by atoms with Crippen molar-refractivity contribution >= 4 is 28.8 Å². The summed E-state index contributed by atoms with van der Waals surface area (Å²) in [5, 5.41) is 9.33. The van der Waals surface area contributed by atoms with E-state index in [0.717, 1.165) is 10.4 Å². The van der Waals surface area contributed by atoms with E-state index in [1.54, 1.807) is 13.0 Å². The van der Waals surface area contributed by atoms with Crippen LogP contribution in [-0.4, -0.2) is 11.1 Å². The molecular weight excluding hydrogens is 320 g/mol. The van der Waals surface area contributed by atoms with E-state index >= 15 is 0 Å². The molecule has 0 aliphatic carbocycles. The second-order valence-electron chi connectivity index (χ2n) is 4.72. The molecule has 1 amide bonds. The second-order valence-corrected chi connectivity index (χ2v) is 6.08. The molecule has 3 rings (SSSR count). The summed E-state index contributed by atoms with van der Waals surface area (Å²) in [4.78, 5) is 13.4. The maximum atomic E-state index is 12.5. The number of nitrogens with zero attached hydrogens (tertiary/aromatic N) is 1. The van der Waals surface area contributed by atoms with Crippen molar-refractivity contribution in [3.05, 3.63) is 63.6 Å². The van der Waals surface area contributed by atoms with Gasteiger partial charge < -0.3 is 9.84 Å². The molecule has 0 radical (unpaired) electrons. The molecule has 0 spiro atoms. The van der Waals surface area contributed by atoms with Crippen LogP contribution in [0.25, 0.3) is 10.6 Å². The highest BCUT2D eigenvalue weighted by Crippen LogP contribution is 2.29. The lowest BCUT2D eigenvalue weighted by atomic mass is 10.1. The summed E-state index contributed by atoms with van der Waals surface area (Å²) < 4.78 is 5.31. The molecule has 1 aromatic carbocycles. The van der Waals surface area contributed by atoms with Gasteiger partial charge in [0.1, 0.15) is 5.56 Å². The molecule has 6 heteroatoms. The third kappa shape index (κ3) is 2.91. The van der Waals surface area contributed by atoms with Crippen LogP contribution < -0.4 is 5.32 Å². The number of thiophene rings is 1. The minimum absolute atomic E-state index is 0.220. The number of carbonyl (C=O) groups excluding carboxylic acids is 1. The van der Waals surface area contributed by atoms with Crippen LogP contribution in [0.1, 0.15) is 21.6 Å². The highest BCUT2D eigenvalue weighted by atomic mass is 35.5. The van der Waals surface area contributed by atoms with Crippen molar-refractivity contribution in [2.24, 2.45) is 0 Å². The standard InChI is InChI=1S/C16H13ClN2O2S/c1-10-14(15(21-19-10)13-7-4-8-22-13)16(20)18-9-11-5-2-3-6-12(11)17/h2-8H,9H2,1H3,(H,18,20). The number of hydrogen-bond acceptors (Lipinski definition) is 4. The molecule has 2 aromatic heterocycles. The number of halogens is 1. The quantitative estimate of drug-likeness (QED) is 0.775. The van der Waals surface area contributed by atoms with Gasteiger partial charge in [-0.3, -0.25) is 4.79 Å². The molecule has 0 fully saturated rings. The molecule has 0 atom stereocenters. The molecule has 0 bridgehead atoms. The number of amides is 1. The topological polar surface area (TPSA) is 55.1 Å². The smallest absolute Gasteiger partial charge is 0.257 e. The average Bonchev–Trinajstić information content (AvgIpc) is 3.15. The van der Waals surface area contributed by atoms with Gasteiger partial charge in [-0.2, -0.15) is 0 Å². The summed E-state index contributed by atoms with van der Waals surface area (Å²) in [5.41, 5.74) is 1.90. The van der Waals surface area contributed by atoms with E-state index in [9.17, 15) is 4.79 Å². The molecule has 3 aromatic rings. The fraction of sp³-hybridized carbons (Fsp3) is 0.125. The first-order valence-corrected chi connectivity index (χ1v) is 7.94. The Hall–Kier alpha value is -2.11. The number of carbonyl (C=O) groups is 1. The summed E-state index contributed by atoms with van der Waals surface area (Å²) in [6.45, 7) is 2.11. The van der Waals surface area contributed by atoms with E-state index in [-0.39, 0.29) is 5.91 Å². The van der Waals surface area contributed by atoms with Crippen LogP contribution in [0.2, 0.25) is 5.02 Å². The number of benzene rings is 1. The van der Waals surface area contributed by atoms with E-state index in [0.29, 0.717) is 28.6 Å². The largest absolute Gasteiger partial charge is 0.354 e. The van der Waals surface area contributed by atoms with Crippen molar-refractivity contribution in [1.82, 2.24) is 10.5 Å². The van der Waals surface area contributed by atoms with Gasteiger partial charge in [0, 0.05) is 11.6 Å². The first kappa shape index (κ1) is 14.8. The minimum Gasteiger partial charge on any atom is -0.354 e. The summed E-state index contributed by atoms with van der Waals surface area (Å²) >= 11 is 7.60. The van der Waals surface area contributed by atoms with Crippen molar-refractivity contribution < 1.29 is 9.32 Å². The Bertz CT molecular complexity index is 796. The Morgan fingerprint density at radius 3 is 2.86 bits per heavy atom. The number of nitrogens with one attached hydrogen (secondary N) is 1. The van der Waals surface area contributed by atoms with Gasteiger partial charge in [0.15, 0.2) is 5.76 Å². The van der Waals surface area contributed by atoms with Crippen LogP contribution in [0.4, 0.5) is 0 Å². The molecule has 0 saturated carbocycles. The molecular formula is C16H13ClN2O2S. The van der Waals surface area contributed by atoms with Crippen LogP contribution >= 0.6 is 22.9 Å². The van der Waals surface area contributed by atoms with E-state index in [2.05, 4.69) is 10.5 Å². The van der Waals surface area contributed by atoms with Crippen molar-refractivity contribution in [1.29, 1.82) is 0 Å². The maximum absolute atomic E-state index is 12.5. The van der Waals surface area contributed by atoms with E-state index in [1.807, 2.05) is 35.7 Å². The van der Waals surface area contributed by atoms with Gasteiger partial charge in [-0.25, -0.2) is 0 Å². The summed E-state index contributed by atoms with van der Waals surface area (Å²) in [5.74, 6) is 0.284. The molecule has 0 aliphatic heterocycles. The maximum Gasteiger partial charge on any atom is 0.257 e. The molecule has 0 saturated heterocycles. The zero-order chi connectivity index (χ0) is 15.5. The first-order chi connectivity index (χ1) is 10.7. The van der Waals surface area contributed by atoms with Gasteiger partial charge in [-0.1, -0.05) is 41.0 Å². The Labute approximate surface area is 136 Å². The van der Waals surface area contributed by atoms with Crippen LogP contribution in [0.3, 0.4) is 0 Å². The zero-order valence-electron chi connectivity index (χ0n) is 11.8. The van der Waals surface area contributed by atoms with Gasteiger partial charge in [0.05, 0.1) is 10.6 Å². The predicted molar refractivity (Wildman–Crippen MR) is 87.2 cm³/mol. The number of aromatic nitrogens is 1. The molecule has 112 valence electrons. The number of aryl methyl sites for hydroxylation is 1. The van der Waals surface area contributed by atoms with Gasteiger partial charge in [0.2, 0.25) is 0 Å². The minimum atomic E-state index is -0.220. The van der Waals surface area contributed by atoms with Gasteiger partial charge in [-0.15, -0.1) is 11.3 Å². The second kappa shape index (κ2) is 6.34. The molecule has 1 N–H and O–H groups in total. The summed E-state index contributed by atoms with van der Waals surface area (Å²) in [6.07, 6.45) is 0. The van der Waals surface area contributed by atoms with Crippen LogP contribution in [0, 0.1) is 6.92 Å². The lowest BCUT2D eigenvalue weighted by Gasteiger charge is -2.07. The average molecular weight is 333 g/mol. The normalized spacial score (nSPS) is 10.6. The molecule has 2 heterocycles. The monoisotopic (exact) mass is 332 g/mol. The third-order valence-electron chi connectivity index (χ3n) is 3.23. The van der Waals surface area contributed by atoms with Crippen molar-refractivity contribution in [2.75, 3.05) is 0 Å². The third-order valence-corrected chi connectivity index (χ3v) is 4.47. The molecule has 22 heavy (non-hydrogen) atoms. The fourth-order valence-electron chi connectivity index (χ4n) is 2.12. The Balaban J connectivity index is 1.81. The Kier molecular flexibility index (Phi) is 4.27. The van der Waals surface area contributed by atoms with Gasteiger partial charge >= 0.3 is 0 Å². The molecule has 4 nitrogen and oxygen atoms in total. The highest BCUT2D eigenvalue weighted by Gasteiger charge is 2.22. The van der Waals surface area contributed by atoms with Crippen LogP contribution in [-0.2, 0) is 6.54 Å². The Morgan fingerprint density at radius 1 is 1.32 bits per heavy atom. The highest BCUT2D eigenvalue weighted by molar-refractivity contribution is 7.13. The van der Waals surface area contributed by atoms with Crippen LogP contribution in [0.5, 0.6) is 0 Å². The van der Waals surface area contributed by atoms with Crippen LogP contribution in [0.15, 0.2) is 46.3 Å². The lowest BCUT2D eigenvalue weighted by Crippen LogP contribution is -2.23. The summed E-state index contributed by atoms with van der Waals surface area (Å²) in [6, 6.07) is 11.2. The van der Waals surface area contributed by atoms with Gasteiger partial charge in [0.25, 0.3) is 5.91 Å². The van der Waals surface area contributed by atoms with Crippen molar-refractivity contribution in [3.63, 3.8) is 0 Å². The van der Waals surface area contributed by atoms with E-state index in [1.165, 1.54) is 11.3 Å². The SMILES string of the molecule is Cc1noc(-c2cccs2)c1C(=O)NCc1ccccc1Cl. The molecule has 0 aliphatic rings. The van der Waals surface area contributed by atoms with Gasteiger partial charge in [-0.05, 0) is 30.0 Å². The number of hydrogen-bond donors (Lipinski definition) is 1. The fourth-order valence-corrected chi connectivity index (χ4v) is 3.03. The summed E-state index contributed by atoms with van der Waals surface area (Å²) in [7, 11) is 0. The van der Waals surface area contributed by atoms with Crippen molar-refractivity contribution in [3.8, 4) is 10.6 Å². The first-order valence-electron chi connectivity index (χ1n) is 6.68. The van der Waals surface area contributed by atoms with E-state index in [4.69, 9.17) is 16.1 Å². The molecule has 0 unspecified atom stereocenters. The van der Waals surface area contributed by atoms with E-state index < -0.39 is 0 Å². The Morgan fingerprint density at radius 2 is 2.14 bits per heavy atom.